The van der Waals surface area contributed by atoms with Gasteiger partial charge in [-0.25, -0.2) is 9.97 Å². The summed E-state index contributed by atoms with van der Waals surface area (Å²) in [4.78, 5) is 9.05. The second kappa shape index (κ2) is 5.52. The molecule has 0 aliphatic heterocycles. The minimum absolute atomic E-state index is 0.694. The quantitative estimate of drug-likeness (QED) is 0.588. The number of fused-ring (bicyclic) bond motifs is 1. The Hall–Kier alpha value is -2.66. The van der Waals surface area contributed by atoms with E-state index in [0.717, 1.165) is 22.8 Å². The lowest BCUT2D eigenvalue weighted by Crippen LogP contribution is -1.98. The normalized spacial score (nSPS) is 11.0. The number of hydrogen-bond acceptors (Lipinski definition) is 4. The standard InChI is InChI=1S/C18H16N4S/c1-12-4-5-15(10-13(12)2)20-17-16(14-6-9-23-11-14)21-18-19-7-3-8-22(17)18/h3-11,20H,1-2H3. The van der Waals surface area contributed by atoms with Crippen molar-refractivity contribution in [2.45, 2.75) is 13.8 Å². The van der Waals surface area contributed by atoms with Gasteiger partial charge in [-0.1, -0.05) is 6.07 Å². The molecule has 1 aromatic carbocycles. The van der Waals surface area contributed by atoms with Crippen molar-refractivity contribution < 1.29 is 0 Å². The van der Waals surface area contributed by atoms with Crippen LogP contribution in [0.4, 0.5) is 11.5 Å². The zero-order chi connectivity index (χ0) is 15.8. The molecule has 0 radical (unpaired) electrons. The average Bonchev–Trinajstić information content (AvgIpc) is 3.19. The first-order valence-electron chi connectivity index (χ1n) is 7.42. The topological polar surface area (TPSA) is 42.2 Å². The summed E-state index contributed by atoms with van der Waals surface area (Å²) in [5, 5.41) is 7.68. The van der Waals surface area contributed by atoms with Crippen LogP contribution in [0.3, 0.4) is 0 Å². The number of benzene rings is 1. The number of anilines is 2. The van der Waals surface area contributed by atoms with Crippen LogP contribution in [0.1, 0.15) is 11.1 Å². The minimum atomic E-state index is 0.694. The van der Waals surface area contributed by atoms with Gasteiger partial charge in [0.15, 0.2) is 0 Å². The highest BCUT2D eigenvalue weighted by Crippen LogP contribution is 2.32. The number of hydrogen-bond donors (Lipinski definition) is 1. The smallest absolute Gasteiger partial charge is 0.235 e. The molecule has 0 saturated carbocycles. The van der Waals surface area contributed by atoms with Gasteiger partial charge in [0, 0.05) is 29.0 Å². The predicted octanol–water partition coefficient (Wildman–Crippen LogP) is 4.82. The first-order valence-corrected chi connectivity index (χ1v) is 8.36. The SMILES string of the molecule is Cc1ccc(Nc2c(-c3ccsc3)nc3ncccn23)cc1C. The van der Waals surface area contributed by atoms with Crippen molar-refractivity contribution in [2.24, 2.45) is 0 Å². The number of rotatable bonds is 3. The molecule has 0 unspecified atom stereocenters. The number of aromatic nitrogens is 3. The van der Waals surface area contributed by atoms with Crippen molar-refractivity contribution in [1.29, 1.82) is 0 Å². The molecule has 0 spiro atoms. The van der Waals surface area contributed by atoms with Crippen LogP contribution in [0.5, 0.6) is 0 Å². The van der Waals surface area contributed by atoms with Crippen LogP contribution in [0.2, 0.25) is 0 Å². The van der Waals surface area contributed by atoms with Crippen LogP contribution in [0, 0.1) is 13.8 Å². The van der Waals surface area contributed by atoms with Crippen LogP contribution >= 0.6 is 11.3 Å². The Bertz CT molecular complexity index is 970. The van der Waals surface area contributed by atoms with Crippen molar-refractivity contribution >= 4 is 28.6 Å². The van der Waals surface area contributed by atoms with E-state index in [-0.39, 0.29) is 0 Å². The molecule has 0 aliphatic rings. The zero-order valence-corrected chi connectivity index (χ0v) is 13.8. The van der Waals surface area contributed by atoms with Gasteiger partial charge in [0.05, 0.1) is 0 Å². The number of thiophene rings is 1. The Morgan fingerprint density at radius 1 is 1.13 bits per heavy atom. The van der Waals surface area contributed by atoms with E-state index in [1.165, 1.54) is 11.1 Å². The average molecular weight is 320 g/mol. The van der Waals surface area contributed by atoms with E-state index in [4.69, 9.17) is 0 Å². The first kappa shape index (κ1) is 14.0. The Labute approximate surface area is 138 Å². The fraction of sp³-hybridized carbons (Fsp3) is 0.111. The lowest BCUT2D eigenvalue weighted by molar-refractivity contribution is 1.11. The number of aryl methyl sites for hydroxylation is 2. The maximum absolute atomic E-state index is 4.69. The zero-order valence-electron chi connectivity index (χ0n) is 12.9. The molecular formula is C18H16N4S. The number of nitrogens with one attached hydrogen (secondary N) is 1. The Kier molecular flexibility index (Phi) is 3.35. The molecule has 1 N–H and O–H groups in total. The summed E-state index contributed by atoms with van der Waals surface area (Å²) >= 11 is 1.67. The Balaban J connectivity index is 1.87. The fourth-order valence-electron chi connectivity index (χ4n) is 2.56. The van der Waals surface area contributed by atoms with Crippen molar-refractivity contribution in [1.82, 2.24) is 14.4 Å². The fourth-order valence-corrected chi connectivity index (χ4v) is 3.20. The molecule has 0 atom stereocenters. The summed E-state index contributed by atoms with van der Waals surface area (Å²) in [7, 11) is 0. The van der Waals surface area contributed by atoms with E-state index >= 15 is 0 Å². The second-order valence-electron chi connectivity index (χ2n) is 5.53. The summed E-state index contributed by atoms with van der Waals surface area (Å²) in [5.74, 6) is 1.63. The molecule has 0 amide bonds. The molecular weight excluding hydrogens is 304 g/mol. The van der Waals surface area contributed by atoms with Crippen LogP contribution in [-0.4, -0.2) is 14.4 Å². The van der Waals surface area contributed by atoms with Crippen LogP contribution in [-0.2, 0) is 0 Å². The molecule has 0 bridgehead atoms. The lowest BCUT2D eigenvalue weighted by Gasteiger charge is -2.10. The minimum Gasteiger partial charge on any atom is -0.339 e. The number of imidazole rings is 1. The third-order valence-corrected chi connectivity index (χ3v) is 4.65. The Morgan fingerprint density at radius 2 is 2.04 bits per heavy atom. The second-order valence-corrected chi connectivity index (χ2v) is 6.31. The van der Waals surface area contributed by atoms with Gasteiger partial charge >= 0.3 is 0 Å². The van der Waals surface area contributed by atoms with E-state index in [0.29, 0.717) is 5.78 Å². The molecule has 0 saturated heterocycles. The van der Waals surface area contributed by atoms with Gasteiger partial charge in [-0.3, -0.25) is 4.40 Å². The van der Waals surface area contributed by atoms with E-state index in [1.807, 2.05) is 16.7 Å². The van der Waals surface area contributed by atoms with Gasteiger partial charge in [0.25, 0.3) is 0 Å². The van der Waals surface area contributed by atoms with E-state index in [2.05, 4.69) is 64.2 Å². The molecule has 4 aromatic rings. The molecule has 4 rings (SSSR count). The highest BCUT2D eigenvalue weighted by molar-refractivity contribution is 7.08. The van der Waals surface area contributed by atoms with Crippen molar-refractivity contribution in [3.05, 3.63) is 64.6 Å². The lowest BCUT2D eigenvalue weighted by atomic mass is 10.1. The van der Waals surface area contributed by atoms with Gasteiger partial charge in [-0.05, 0) is 54.6 Å². The summed E-state index contributed by atoms with van der Waals surface area (Å²) in [6, 6.07) is 10.4. The third-order valence-electron chi connectivity index (χ3n) is 3.97. The van der Waals surface area contributed by atoms with Gasteiger partial charge < -0.3 is 5.32 Å². The Morgan fingerprint density at radius 3 is 2.83 bits per heavy atom. The summed E-state index contributed by atoms with van der Waals surface area (Å²) in [6.07, 6.45) is 3.74. The molecule has 0 aliphatic carbocycles. The van der Waals surface area contributed by atoms with Crippen molar-refractivity contribution in [3.8, 4) is 11.3 Å². The van der Waals surface area contributed by atoms with E-state index in [1.54, 1.807) is 17.5 Å². The monoisotopic (exact) mass is 320 g/mol. The maximum atomic E-state index is 4.69. The summed E-state index contributed by atoms with van der Waals surface area (Å²) in [5.41, 5.74) is 5.62. The highest BCUT2D eigenvalue weighted by Gasteiger charge is 2.15. The third kappa shape index (κ3) is 2.49. The molecule has 4 nitrogen and oxygen atoms in total. The molecule has 114 valence electrons. The van der Waals surface area contributed by atoms with Gasteiger partial charge in [0.2, 0.25) is 5.78 Å². The molecule has 3 heterocycles. The van der Waals surface area contributed by atoms with E-state index in [9.17, 15) is 0 Å². The summed E-state index contributed by atoms with van der Waals surface area (Å²) < 4.78 is 1.99. The van der Waals surface area contributed by atoms with Gasteiger partial charge in [-0.15, -0.1) is 0 Å². The van der Waals surface area contributed by atoms with Gasteiger partial charge in [0.1, 0.15) is 11.5 Å². The molecule has 0 fully saturated rings. The number of nitrogens with zero attached hydrogens (tertiary/aromatic N) is 3. The molecule has 3 aromatic heterocycles. The van der Waals surface area contributed by atoms with Gasteiger partial charge in [-0.2, -0.15) is 11.3 Å². The van der Waals surface area contributed by atoms with Crippen LogP contribution < -0.4 is 5.32 Å². The van der Waals surface area contributed by atoms with E-state index < -0.39 is 0 Å². The van der Waals surface area contributed by atoms with Crippen LogP contribution in [0.25, 0.3) is 17.0 Å². The van der Waals surface area contributed by atoms with Crippen LogP contribution in [0.15, 0.2) is 53.5 Å². The molecule has 5 heteroatoms. The largest absolute Gasteiger partial charge is 0.339 e. The first-order chi connectivity index (χ1) is 11.2. The van der Waals surface area contributed by atoms with Crippen molar-refractivity contribution in [3.63, 3.8) is 0 Å². The highest BCUT2D eigenvalue weighted by atomic mass is 32.1. The molecule has 23 heavy (non-hydrogen) atoms. The maximum Gasteiger partial charge on any atom is 0.235 e. The van der Waals surface area contributed by atoms with Crippen molar-refractivity contribution in [2.75, 3.05) is 5.32 Å². The summed E-state index contributed by atoms with van der Waals surface area (Å²) in [6.45, 7) is 4.24. The predicted molar refractivity (Wildman–Crippen MR) is 95.5 cm³/mol.